The van der Waals surface area contributed by atoms with Crippen LogP contribution < -0.4 is 16.8 Å². The second kappa shape index (κ2) is 11.1. The van der Waals surface area contributed by atoms with Crippen LogP contribution in [0.25, 0.3) is 0 Å². The van der Waals surface area contributed by atoms with Gasteiger partial charge in [-0.3, -0.25) is 14.6 Å². The van der Waals surface area contributed by atoms with Gasteiger partial charge in [0.1, 0.15) is 17.2 Å². The minimum Gasteiger partial charge on any atom is -0.398 e. The largest absolute Gasteiger partial charge is 0.398 e. The molecule has 37 heavy (non-hydrogen) atoms. The van der Waals surface area contributed by atoms with Crippen LogP contribution in [0.15, 0.2) is 77.1 Å². The van der Waals surface area contributed by atoms with Crippen LogP contribution in [0.2, 0.25) is 0 Å². The van der Waals surface area contributed by atoms with Crippen molar-refractivity contribution in [1.82, 2.24) is 9.88 Å². The lowest BCUT2D eigenvalue weighted by Crippen LogP contribution is -2.46. The monoisotopic (exact) mass is 502 g/mol. The maximum Gasteiger partial charge on any atom is 0.271 e. The molecule has 0 radical (unpaired) electrons. The fraction of sp³-hybridized carbons (Fsp3) is 0.250. The van der Waals surface area contributed by atoms with Gasteiger partial charge in [0.15, 0.2) is 0 Å². The van der Waals surface area contributed by atoms with Gasteiger partial charge in [0.05, 0.1) is 13.1 Å². The number of carbonyl (C=O) groups is 2. The number of anilines is 2. The van der Waals surface area contributed by atoms with E-state index in [-0.39, 0.29) is 30.6 Å². The van der Waals surface area contributed by atoms with Crippen LogP contribution in [0.4, 0.5) is 15.8 Å². The summed E-state index contributed by atoms with van der Waals surface area (Å²) in [5.41, 5.74) is 16.6. The van der Waals surface area contributed by atoms with Crippen LogP contribution in [0, 0.1) is 11.7 Å². The number of aryl methyl sites for hydroxylation is 1. The Kier molecular flexibility index (Phi) is 7.71. The molecule has 0 aliphatic carbocycles. The number of likely N-dealkylation sites (tertiary alicyclic amines) is 1. The number of piperidine rings is 1. The van der Waals surface area contributed by atoms with E-state index in [1.165, 1.54) is 12.1 Å². The van der Waals surface area contributed by atoms with Gasteiger partial charge in [0.2, 0.25) is 0 Å². The molecular formula is C28H31FN6O2. The van der Waals surface area contributed by atoms with Crippen LogP contribution in [0.5, 0.6) is 0 Å². The fourth-order valence-electron chi connectivity index (χ4n) is 4.40. The number of nitrogens with zero attached hydrogens (tertiary/aromatic N) is 2. The third kappa shape index (κ3) is 5.88. The van der Waals surface area contributed by atoms with Crippen molar-refractivity contribution in [1.29, 1.82) is 0 Å². The third-order valence-corrected chi connectivity index (χ3v) is 6.43. The normalized spacial score (nSPS) is 18.1. The van der Waals surface area contributed by atoms with E-state index in [1.54, 1.807) is 35.4 Å². The molecule has 1 aliphatic rings. The average Bonchev–Trinajstić information content (AvgIpc) is 3.43. The Bertz CT molecular complexity index is 1360. The predicted molar refractivity (Wildman–Crippen MR) is 143 cm³/mol. The Morgan fingerprint density at radius 2 is 2.00 bits per heavy atom. The summed E-state index contributed by atoms with van der Waals surface area (Å²) >= 11 is 0. The number of halogens is 1. The van der Waals surface area contributed by atoms with E-state index in [0.29, 0.717) is 40.5 Å². The number of carbonyl (C=O) groups excluding carboxylic acids is 2. The molecule has 1 aromatic heterocycles. The van der Waals surface area contributed by atoms with Crippen molar-refractivity contribution >= 4 is 28.9 Å². The highest BCUT2D eigenvalue weighted by Crippen LogP contribution is 2.25. The molecule has 0 spiro atoms. The van der Waals surface area contributed by atoms with Crippen LogP contribution in [-0.2, 0) is 17.8 Å². The highest BCUT2D eigenvalue weighted by molar-refractivity contribution is 6.13. The number of rotatable bonds is 6. The van der Waals surface area contributed by atoms with E-state index in [4.69, 9.17) is 16.5 Å². The number of nitrogens with one attached hydrogen (secondary N) is 2. The Balaban J connectivity index is 1.68. The second-order valence-corrected chi connectivity index (χ2v) is 9.12. The molecule has 0 bridgehead atoms. The van der Waals surface area contributed by atoms with Crippen LogP contribution in [-0.4, -0.2) is 40.5 Å². The van der Waals surface area contributed by atoms with Crippen molar-refractivity contribution in [3.05, 3.63) is 94.7 Å². The van der Waals surface area contributed by atoms with Gasteiger partial charge in [-0.15, -0.1) is 0 Å². The number of nitrogen functional groups attached to an aromatic ring is 1. The molecule has 6 N–H and O–H groups in total. The summed E-state index contributed by atoms with van der Waals surface area (Å²) in [5.74, 6) is -1.30. The number of aromatic nitrogens is 1. The summed E-state index contributed by atoms with van der Waals surface area (Å²) < 4.78 is 13.5. The molecule has 2 amide bonds. The topological polar surface area (TPSA) is 130 Å². The molecule has 9 heteroatoms. The van der Waals surface area contributed by atoms with Gasteiger partial charge in [-0.05, 0) is 53.9 Å². The number of aromatic amines is 1. The SMILES string of the molecule is CCc1cccc(NC(=O)C(N)=C2CN(C(=O)c3ccc[nH]3)CC(C)C2=NCc2ccc(F)cc2N)c1. The van der Waals surface area contributed by atoms with Crippen molar-refractivity contribution in [2.45, 2.75) is 26.8 Å². The minimum absolute atomic E-state index is 0.0106. The summed E-state index contributed by atoms with van der Waals surface area (Å²) in [7, 11) is 0. The first-order chi connectivity index (χ1) is 17.8. The molecule has 192 valence electrons. The highest BCUT2D eigenvalue weighted by Gasteiger charge is 2.33. The zero-order valence-corrected chi connectivity index (χ0v) is 20.9. The summed E-state index contributed by atoms with van der Waals surface area (Å²) in [6.45, 7) is 4.66. The van der Waals surface area contributed by atoms with Gasteiger partial charge in [-0.1, -0.05) is 32.0 Å². The zero-order valence-electron chi connectivity index (χ0n) is 20.9. The smallest absolute Gasteiger partial charge is 0.271 e. The van der Waals surface area contributed by atoms with Gasteiger partial charge < -0.3 is 26.7 Å². The lowest BCUT2D eigenvalue weighted by atomic mass is 9.90. The number of H-pyrrole nitrogens is 1. The van der Waals surface area contributed by atoms with Crippen molar-refractivity contribution in [2.75, 3.05) is 24.1 Å². The van der Waals surface area contributed by atoms with Crippen molar-refractivity contribution in [3.8, 4) is 0 Å². The van der Waals surface area contributed by atoms with E-state index in [1.807, 2.05) is 32.0 Å². The van der Waals surface area contributed by atoms with Gasteiger partial charge >= 0.3 is 0 Å². The summed E-state index contributed by atoms with van der Waals surface area (Å²) in [4.78, 5) is 35.7. The number of aliphatic imine (C=N–C) groups is 1. The molecule has 1 saturated heterocycles. The summed E-state index contributed by atoms with van der Waals surface area (Å²) in [5, 5.41) is 2.86. The first kappa shape index (κ1) is 25.7. The molecular weight excluding hydrogens is 471 g/mol. The molecule has 2 heterocycles. The standard InChI is InChI=1S/C28H31FN6O2/c1-3-18-6-4-7-21(12-18)34-27(36)25(31)22-16-35(28(37)24-8-5-11-32-24)15-17(2)26(22)33-14-19-9-10-20(29)13-23(19)30/h4-13,17,32H,3,14-16,30-31H2,1-2H3,(H,34,36). The molecule has 1 atom stereocenters. The molecule has 4 rings (SSSR count). The van der Waals surface area contributed by atoms with Crippen LogP contribution >= 0.6 is 0 Å². The minimum atomic E-state index is -0.473. The molecule has 1 aliphatic heterocycles. The number of nitrogens with two attached hydrogens (primary N) is 2. The first-order valence-corrected chi connectivity index (χ1v) is 12.2. The van der Waals surface area contributed by atoms with E-state index in [2.05, 4.69) is 10.3 Å². The molecule has 3 aromatic rings. The lowest BCUT2D eigenvalue weighted by molar-refractivity contribution is -0.113. The maximum atomic E-state index is 13.5. The van der Waals surface area contributed by atoms with Crippen molar-refractivity contribution < 1.29 is 14.0 Å². The fourth-order valence-corrected chi connectivity index (χ4v) is 4.40. The number of benzene rings is 2. The number of amides is 2. The summed E-state index contributed by atoms with van der Waals surface area (Å²) in [6.07, 6.45) is 2.51. The number of hydrogen-bond acceptors (Lipinski definition) is 5. The quantitative estimate of drug-likeness (QED) is 0.301. The van der Waals surface area contributed by atoms with Gasteiger partial charge in [0.25, 0.3) is 11.8 Å². The third-order valence-electron chi connectivity index (χ3n) is 6.43. The van der Waals surface area contributed by atoms with E-state index in [0.717, 1.165) is 12.0 Å². The molecule has 1 unspecified atom stereocenters. The first-order valence-electron chi connectivity index (χ1n) is 12.2. The number of hydrogen-bond donors (Lipinski definition) is 4. The van der Waals surface area contributed by atoms with E-state index < -0.39 is 11.7 Å². The van der Waals surface area contributed by atoms with Crippen LogP contribution in [0.1, 0.15) is 35.5 Å². The Labute approximate surface area is 215 Å². The van der Waals surface area contributed by atoms with Gasteiger partial charge in [0, 0.05) is 41.3 Å². The Morgan fingerprint density at radius 1 is 1.19 bits per heavy atom. The highest BCUT2D eigenvalue weighted by atomic mass is 19.1. The molecule has 2 aromatic carbocycles. The lowest BCUT2D eigenvalue weighted by Gasteiger charge is -2.34. The van der Waals surface area contributed by atoms with Gasteiger partial charge in [-0.2, -0.15) is 0 Å². The average molecular weight is 503 g/mol. The van der Waals surface area contributed by atoms with Crippen molar-refractivity contribution in [3.63, 3.8) is 0 Å². The van der Waals surface area contributed by atoms with Gasteiger partial charge in [-0.25, -0.2) is 4.39 Å². The predicted octanol–water partition coefficient (Wildman–Crippen LogP) is 3.88. The second-order valence-electron chi connectivity index (χ2n) is 9.12. The van der Waals surface area contributed by atoms with E-state index >= 15 is 0 Å². The van der Waals surface area contributed by atoms with Crippen LogP contribution in [0.3, 0.4) is 0 Å². The molecule has 1 fully saturated rings. The van der Waals surface area contributed by atoms with E-state index in [9.17, 15) is 14.0 Å². The zero-order chi connectivity index (χ0) is 26.5. The molecule has 0 saturated carbocycles. The Morgan fingerprint density at radius 3 is 2.70 bits per heavy atom. The van der Waals surface area contributed by atoms with Crippen molar-refractivity contribution in [2.24, 2.45) is 16.6 Å². The summed E-state index contributed by atoms with van der Waals surface area (Å²) in [6, 6.07) is 15.2. The Hall–Kier alpha value is -4.40. The molecule has 8 nitrogen and oxygen atoms in total. The maximum absolute atomic E-state index is 13.5.